The Bertz CT molecular complexity index is 409. The van der Waals surface area contributed by atoms with Gasteiger partial charge in [0, 0.05) is 19.8 Å². The van der Waals surface area contributed by atoms with Crippen molar-refractivity contribution in [3.63, 3.8) is 0 Å². The van der Waals surface area contributed by atoms with Crippen molar-refractivity contribution < 1.29 is 22.9 Å². The fraction of sp³-hybridized carbons (Fsp3) is 0.364. The van der Waals surface area contributed by atoms with E-state index in [0.717, 1.165) is 0 Å². The van der Waals surface area contributed by atoms with Gasteiger partial charge in [0.05, 0.1) is 0 Å². The second kappa shape index (κ2) is 6.07. The van der Waals surface area contributed by atoms with E-state index in [2.05, 4.69) is 9.05 Å². The third-order valence-electron chi connectivity index (χ3n) is 2.16. The Balaban J connectivity index is 2.75. The second-order valence-corrected chi connectivity index (χ2v) is 5.13. The van der Waals surface area contributed by atoms with Crippen LogP contribution >= 0.6 is 7.82 Å². The minimum absolute atomic E-state index is 0.278. The lowest BCUT2D eigenvalue weighted by atomic mass is 10.1. The lowest BCUT2D eigenvalue weighted by Crippen LogP contribution is -2.20. The number of hydrogen-bond acceptors (Lipinski definition) is 5. The minimum Gasteiger partial charge on any atom is -0.291 e. The number of carbonyl (C=O) groups is 1. The summed E-state index contributed by atoms with van der Waals surface area (Å²) in [5, 5.41) is 0. The fourth-order valence-corrected chi connectivity index (χ4v) is 2.04. The molecular formula is C11H15O5P. The van der Waals surface area contributed by atoms with E-state index >= 15 is 0 Å². The molecular weight excluding hydrogens is 243 g/mol. The highest BCUT2D eigenvalue weighted by atomic mass is 31.2. The molecule has 0 N–H and O–H groups in total. The van der Waals surface area contributed by atoms with Crippen molar-refractivity contribution in [1.29, 1.82) is 0 Å². The van der Waals surface area contributed by atoms with Crippen LogP contribution in [0, 0.1) is 0 Å². The van der Waals surface area contributed by atoms with Crippen LogP contribution in [0.5, 0.6) is 0 Å². The molecule has 0 saturated heterocycles. The highest BCUT2D eigenvalue weighted by Crippen LogP contribution is 2.48. The largest absolute Gasteiger partial charge is 0.474 e. The lowest BCUT2D eigenvalue weighted by Gasteiger charge is -2.17. The van der Waals surface area contributed by atoms with Crippen molar-refractivity contribution in [1.82, 2.24) is 0 Å². The summed E-state index contributed by atoms with van der Waals surface area (Å²) in [5.74, 6) is -0.278. The van der Waals surface area contributed by atoms with Gasteiger partial charge < -0.3 is 0 Å². The van der Waals surface area contributed by atoms with Crippen molar-refractivity contribution in [3.05, 3.63) is 35.9 Å². The molecule has 6 heteroatoms. The number of benzene rings is 1. The van der Waals surface area contributed by atoms with Crippen LogP contribution in [0.2, 0.25) is 0 Å². The zero-order chi connectivity index (χ0) is 12.9. The van der Waals surface area contributed by atoms with Gasteiger partial charge in [-0.1, -0.05) is 30.3 Å². The minimum atomic E-state index is -3.63. The van der Waals surface area contributed by atoms with Gasteiger partial charge in [0.25, 0.3) is 0 Å². The van der Waals surface area contributed by atoms with Gasteiger partial charge in [0.15, 0.2) is 5.78 Å². The quantitative estimate of drug-likeness (QED) is 0.580. The van der Waals surface area contributed by atoms with Crippen LogP contribution in [0.4, 0.5) is 0 Å². The van der Waals surface area contributed by atoms with Gasteiger partial charge >= 0.3 is 7.82 Å². The van der Waals surface area contributed by atoms with E-state index < -0.39 is 13.9 Å². The summed E-state index contributed by atoms with van der Waals surface area (Å²) in [7, 11) is -1.24. The molecule has 0 aliphatic carbocycles. The summed E-state index contributed by atoms with van der Waals surface area (Å²) < 4.78 is 25.9. The van der Waals surface area contributed by atoms with Crippen molar-refractivity contribution in [3.8, 4) is 0 Å². The smallest absolute Gasteiger partial charge is 0.291 e. The Morgan fingerprint density at radius 2 is 1.71 bits per heavy atom. The molecule has 0 aliphatic rings. The summed E-state index contributed by atoms with van der Waals surface area (Å²) in [5.41, 5.74) is 0.485. The zero-order valence-corrected chi connectivity index (χ0v) is 10.8. The number of carbonyl (C=O) groups excluding carboxylic acids is 1. The molecule has 0 spiro atoms. The molecule has 0 bridgehead atoms. The van der Waals surface area contributed by atoms with Gasteiger partial charge in [-0.05, 0) is 6.92 Å². The van der Waals surface area contributed by atoms with Crippen LogP contribution in [0.15, 0.2) is 30.3 Å². The van der Waals surface area contributed by atoms with Gasteiger partial charge in [-0.15, -0.1) is 0 Å². The molecule has 0 aliphatic heterocycles. The van der Waals surface area contributed by atoms with E-state index in [1.54, 1.807) is 30.3 Å². The van der Waals surface area contributed by atoms with E-state index in [9.17, 15) is 9.36 Å². The number of rotatable bonds is 6. The summed E-state index contributed by atoms with van der Waals surface area (Å²) in [6, 6.07) is 8.61. The lowest BCUT2D eigenvalue weighted by molar-refractivity contribution is 0.0697. The van der Waals surface area contributed by atoms with Gasteiger partial charge in [-0.2, -0.15) is 0 Å². The van der Waals surface area contributed by atoms with Gasteiger partial charge in [-0.25, -0.2) is 4.57 Å². The first-order chi connectivity index (χ1) is 8.02. The Hall–Kier alpha value is -1.00. The summed E-state index contributed by atoms with van der Waals surface area (Å²) in [4.78, 5) is 11.9. The second-order valence-electron chi connectivity index (χ2n) is 3.29. The van der Waals surface area contributed by atoms with Gasteiger partial charge in [-0.3, -0.25) is 18.4 Å². The zero-order valence-electron chi connectivity index (χ0n) is 9.95. The first-order valence-electron chi connectivity index (χ1n) is 5.01. The van der Waals surface area contributed by atoms with Crippen molar-refractivity contribution in [2.45, 2.75) is 13.0 Å². The standard InChI is InChI=1S/C11H15O5P/c1-9(16-17(13,14-2)15-3)11(12)10-7-5-4-6-8-10/h4-9H,1-3H3/t9-/m0/s1. The van der Waals surface area contributed by atoms with Crippen molar-refractivity contribution in [2.75, 3.05) is 14.2 Å². The van der Waals surface area contributed by atoms with Crippen molar-refractivity contribution >= 4 is 13.6 Å². The summed E-state index contributed by atoms with van der Waals surface area (Å²) >= 11 is 0. The maximum absolute atomic E-state index is 11.9. The molecule has 0 fully saturated rings. The third kappa shape index (κ3) is 3.75. The molecule has 1 atom stereocenters. The van der Waals surface area contributed by atoms with Crippen LogP contribution in [0.3, 0.4) is 0 Å². The van der Waals surface area contributed by atoms with Crippen LogP contribution in [-0.4, -0.2) is 26.1 Å². The van der Waals surface area contributed by atoms with E-state index in [1.165, 1.54) is 21.1 Å². The molecule has 0 saturated carbocycles. The molecule has 0 unspecified atom stereocenters. The number of ketones is 1. The molecule has 5 nitrogen and oxygen atoms in total. The van der Waals surface area contributed by atoms with Crippen LogP contribution in [-0.2, 0) is 18.1 Å². The van der Waals surface area contributed by atoms with E-state index in [0.29, 0.717) is 5.56 Å². The normalized spacial score (nSPS) is 13.4. The maximum Gasteiger partial charge on any atom is 0.474 e. The molecule has 0 radical (unpaired) electrons. The SMILES string of the molecule is COP(=O)(OC)O[C@@H](C)C(=O)c1ccccc1. The molecule has 0 heterocycles. The van der Waals surface area contributed by atoms with Crippen molar-refractivity contribution in [2.24, 2.45) is 0 Å². The number of Topliss-reactive ketones (excluding diaryl/α,β-unsaturated/α-hetero) is 1. The Morgan fingerprint density at radius 1 is 1.18 bits per heavy atom. The van der Waals surface area contributed by atoms with Crippen LogP contribution < -0.4 is 0 Å². The Morgan fingerprint density at radius 3 is 2.18 bits per heavy atom. The topological polar surface area (TPSA) is 61.8 Å². The van der Waals surface area contributed by atoms with E-state index in [1.807, 2.05) is 0 Å². The Labute approximate surface area is 100 Å². The monoisotopic (exact) mass is 258 g/mol. The number of hydrogen-bond donors (Lipinski definition) is 0. The van der Waals surface area contributed by atoms with Gasteiger partial charge in [0.1, 0.15) is 6.10 Å². The van der Waals surface area contributed by atoms with E-state index in [4.69, 9.17) is 4.52 Å². The number of phosphoric ester groups is 1. The molecule has 17 heavy (non-hydrogen) atoms. The van der Waals surface area contributed by atoms with Gasteiger partial charge in [0.2, 0.25) is 0 Å². The average Bonchev–Trinajstić information content (AvgIpc) is 2.38. The average molecular weight is 258 g/mol. The molecule has 1 aromatic rings. The highest BCUT2D eigenvalue weighted by Gasteiger charge is 2.29. The predicted molar refractivity (Wildman–Crippen MR) is 62.9 cm³/mol. The molecule has 0 amide bonds. The van der Waals surface area contributed by atoms with Crippen LogP contribution in [0.1, 0.15) is 17.3 Å². The molecule has 0 aromatic heterocycles. The summed E-state index contributed by atoms with van der Waals surface area (Å²) in [6.07, 6.45) is -0.900. The fourth-order valence-electron chi connectivity index (χ4n) is 1.24. The third-order valence-corrected chi connectivity index (χ3v) is 3.63. The first kappa shape index (κ1) is 14.1. The first-order valence-corrected chi connectivity index (χ1v) is 6.47. The molecule has 1 rings (SSSR count). The number of phosphoric acid groups is 1. The predicted octanol–water partition coefficient (Wildman–Crippen LogP) is 2.68. The van der Waals surface area contributed by atoms with E-state index in [-0.39, 0.29) is 5.78 Å². The Kier molecular flexibility index (Phi) is 5.02. The molecule has 94 valence electrons. The summed E-state index contributed by atoms with van der Waals surface area (Å²) in [6.45, 7) is 1.50. The molecule has 1 aromatic carbocycles. The maximum atomic E-state index is 11.9. The van der Waals surface area contributed by atoms with Crippen LogP contribution in [0.25, 0.3) is 0 Å². The highest BCUT2D eigenvalue weighted by molar-refractivity contribution is 7.48.